The van der Waals surface area contributed by atoms with E-state index in [-0.39, 0.29) is 56.3 Å². The third-order valence-electron chi connectivity index (χ3n) is 9.83. The van der Waals surface area contributed by atoms with Crippen molar-refractivity contribution in [2.45, 2.75) is 88.5 Å². The lowest BCUT2D eigenvalue weighted by Gasteiger charge is -2.56. The zero-order chi connectivity index (χ0) is 36.8. The summed E-state index contributed by atoms with van der Waals surface area (Å²) in [5.41, 5.74) is 1.29. The number of rotatable bonds is 15. The van der Waals surface area contributed by atoms with Crippen LogP contribution in [0.5, 0.6) is 5.75 Å². The van der Waals surface area contributed by atoms with Crippen LogP contribution in [-0.4, -0.2) is 65.5 Å². The number of benzene rings is 3. The van der Waals surface area contributed by atoms with Crippen LogP contribution in [-0.2, 0) is 37.6 Å². The number of halogens is 4. The Bertz CT molecular complexity index is 1860. The van der Waals surface area contributed by atoms with Crippen LogP contribution in [0.1, 0.15) is 68.6 Å². The van der Waals surface area contributed by atoms with Crippen LogP contribution in [0.3, 0.4) is 0 Å². The predicted octanol–water partition coefficient (Wildman–Crippen LogP) is 6.46. The highest BCUT2D eigenvalue weighted by molar-refractivity contribution is 6.31. The summed E-state index contributed by atoms with van der Waals surface area (Å²) in [5.74, 6) is 1.47. The number of carbonyl (C=O) groups excluding carboxylic acids is 3. The summed E-state index contributed by atoms with van der Waals surface area (Å²) in [6.45, 7) is 2.56. The van der Waals surface area contributed by atoms with Crippen molar-refractivity contribution in [2.24, 2.45) is 0 Å². The summed E-state index contributed by atoms with van der Waals surface area (Å²) in [4.78, 5) is 44.8. The molecular formula is C40H41ClF3N3O5. The van der Waals surface area contributed by atoms with E-state index in [1.54, 1.807) is 17.9 Å². The van der Waals surface area contributed by atoms with Crippen LogP contribution < -0.4 is 10.1 Å². The van der Waals surface area contributed by atoms with Gasteiger partial charge < -0.3 is 24.6 Å². The van der Waals surface area contributed by atoms with Crippen LogP contribution in [0.15, 0.2) is 60.7 Å². The molecule has 3 atom stereocenters. The molecule has 3 aliphatic rings. The van der Waals surface area contributed by atoms with Gasteiger partial charge in [0.2, 0.25) is 17.6 Å². The van der Waals surface area contributed by atoms with Gasteiger partial charge >= 0.3 is 5.97 Å². The Hall–Kier alpha value is -4.53. The van der Waals surface area contributed by atoms with E-state index in [4.69, 9.17) is 21.1 Å². The number of amides is 2. The Balaban J connectivity index is 1.27. The van der Waals surface area contributed by atoms with Gasteiger partial charge in [-0.1, -0.05) is 65.9 Å². The quantitative estimate of drug-likeness (QED) is 0.0835. The highest BCUT2D eigenvalue weighted by Gasteiger charge is 2.57. The van der Waals surface area contributed by atoms with Crippen molar-refractivity contribution in [1.29, 1.82) is 0 Å². The topological polar surface area (TPSA) is 88.2 Å². The summed E-state index contributed by atoms with van der Waals surface area (Å²) >= 11 is 6.54. The normalized spacial score (nSPS) is 20.4. The molecule has 0 aromatic heterocycles. The molecule has 12 heteroatoms. The van der Waals surface area contributed by atoms with Crippen LogP contribution in [0.4, 0.5) is 13.2 Å². The summed E-state index contributed by atoms with van der Waals surface area (Å²) in [6.07, 6.45) is 3.29. The SMILES string of the molecule is CCOC(=O)CCCC(=O)N1[C@H]2C#CC[C@@]1(c1ccc(CCCOc3c(F)ccc(F)c3F)cc1)C(C(=O)N(Cc1ccccc1Cl)C1CC1)NC2. The summed E-state index contributed by atoms with van der Waals surface area (Å²) < 4.78 is 51.9. The van der Waals surface area contributed by atoms with Crippen molar-refractivity contribution < 1.29 is 37.0 Å². The van der Waals surface area contributed by atoms with Crippen molar-refractivity contribution in [3.8, 4) is 17.6 Å². The first-order chi connectivity index (χ1) is 25.1. The lowest BCUT2D eigenvalue weighted by atomic mass is 9.72. The number of hydrogen-bond acceptors (Lipinski definition) is 6. The molecule has 1 aliphatic carbocycles. The standard InChI is InChI=1S/C40H41ClF3N3O5/c1-2-51-35(49)13-5-12-34(48)47-30-10-6-22-40(47,38(45-24-30)39(50)46(29-18-19-29)25-27-9-3-4-11-31(27)41)28-16-14-26(15-17-28)8-7-23-52-37-33(43)21-20-32(42)36(37)44/h3-4,9,11,14-17,20-21,29-30,38,45H,2,5,7-8,12-13,18-19,22-25H2,1H3/t30-,38?,40+/m0/s1. The zero-order valence-electron chi connectivity index (χ0n) is 28.9. The van der Waals surface area contributed by atoms with Crippen molar-refractivity contribution in [3.63, 3.8) is 0 Å². The predicted molar refractivity (Wildman–Crippen MR) is 189 cm³/mol. The Kier molecular flexibility index (Phi) is 11.8. The molecule has 2 bridgehead atoms. The third-order valence-corrected chi connectivity index (χ3v) is 10.2. The zero-order valence-corrected chi connectivity index (χ0v) is 29.7. The van der Waals surface area contributed by atoms with Gasteiger partial charge in [-0.25, -0.2) is 8.78 Å². The third kappa shape index (κ3) is 7.93. The fraction of sp³-hybridized carbons (Fsp3) is 0.425. The number of aryl methyl sites for hydroxylation is 1. The second kappa shape index (κ2) is 16.4. The molecule has 274 valence electrons. The summed E-state index contributed by atoms with van der Waals surface area (Å²) in [5, 5.41) is 4.06. The van der Waals surface area contributed by atoms with Gasteiger partial charge in [0.25, 0.3) is 0 Å². The van der Waals surface area contributed by atoms with Crippen LogP contribution in [0.25, 0.3) is 0 Å². The molecule has 2 amide bonds. The number of hydrogen-bond donors (Lipinski definition) is 1. The number of fused-ring (bicyclic) bond motifs is 2. The molecule has 0 radical (unpaired) electrons. The molecule has 1 N–H and O–H groups in total. The minimum Gasteiger partial charge on any atom is -0.488 e. The van der Waals surface area contributed by atoms with E-state index in [1.165, 1.54) is 0 Å². The maximum Gasteiger partial charge on any atom is 0.305 e. The Morgan fingerprint density at radius 3 is 2.48 bits per heavy atom. The summed E-state index contributed by atoms with van der Waals surface area (Å²) in [6, 6.07) is 15.3. The molecule has 1 saturated carbocycles. The Labute approximate surface area is 306 Å². The summed E-state index contributed by atoms with van der Waals surface area (Å²) in [7, 11) is 0. The first-order valence-corrected chi connectivity index (χ1v) is 18.1. The van der Waals surface area contributed by atoms with E-state index >= 15 is 0 Å². The van der Waals surface area contributed by atoms with Gasteiger partial charge in [0, 0.05) is 43.4 Å². The number of nitrogens with zero attached hydrogens (tertiary/aromatic N) is 2. The van der Waals surface area contributed by atoms with Crippen LogP contribution >= 0.6 is 11.6 Å². The average Bonchev–Trinajstić information content (AvgIpc) is 3.98. The lowest BCUT2D eigenvalue weighted by Crippen LogP contribution is -2.74. The van der Waals surface area contributed by atoms with Crippen LogP contribution in [0, 0.1) is 29.3 Å². The molecule has 1 unspecified atom stereocenters. The van der Waals surface area contributed by atoms with Gasteiger partial charge in [0.15, 0.2) is 17.4 Å². The molecular weight excluding hydrogens is 695 g/mol. The van der Waals surface area contributed by atoms with Crippen molar-refractivity contribution in [2.75, 3.05) is 19.8 Å². The van der Waals surface area contributed by atoms with E-state index in [2.05, 4.69) is 17.2 Å². The van der Waals surface area contributed by atoms with Gasteiger partial charge in [-0.05, 0) is 73.9 Å². The lowest BCUT2D eigenvalue weighted by molar-refractivity contribution is -0.154. The van der Waals surface area contributed by atoms with Gasteiger partial charge in [0.05, 0.1) is 13.2 Å². The minimum absolute atomic E-state index is 0.0441. The average molecular weight is 736 g/mol. The first-order valence-electron chi connectivity index (χ1n) is 17.7. The van der Waals surface area contributed by atoms with E-state index in [0.29, 0.717) is 43.4 Å². The first kappa shape index (κ1) is 37.2. The number of piperazine rings is 1. The molecule has 1 saturated heterocycles. The smallest absolute Gasteiger partial charge is 0.305 e. The number of nitrogens with one attached hydrogen (secondary N) is 1. The minimum atomic E-state index is -1.37. The Morgan fingerprint density at radius 1 is 1.00 bits per heavy atom. The maximum absolute atomic E-state index is 14.8. The van der Waals surface area contributed by atoms with Crippen molar-refractivity contribution in [3.05, 3.63) is 99.8 Å². The molecule has 2 heterocycles. The number of carbonyl (C=O) groups is 3. The molecule has 8 nitrogen and oxygen atoms in total. The number of esters is 1. The van der Waals surface area contributed by atoms with E-state index in [1.807, 2.05) is 47.4 Å². The molecule has 2 fully saturated rings. The largest absolute Gasteiger partial charge is 0.488 e. The monoisotopic (exact) mass is 735 g/mol. The number of ether oxygens (including phenoxy) is 2. The van der Waals surface area contributed by atoms with Crippen molar-refractivity contribution >= 4 is 29.4 Å². The van der Waals surface area contributed by atoms with Gasteiger partial charge in [-0.2, -0.15) is 4.39 Å². The highest BCUT2D eigenvalue weighted by atomic mass is 35.5. The molecule has 3 aromatic carbocycles. The second-order valence-electron chi connectivity index (χ2n) is 13.3. The molecule has 0 spiro atoms. The van der Waals surface area contributed by atoms with Gasteiger partial charge in [-0.3, -0.25) is 14.4 Å². The Morgan fingerprint density at radius 2 is 1.75 bits per heavy atom. The molecule has 52 heavy (non-hydrogen) atoms. The van der Waals surface area contributed by atoms with Crippen molar-refractivity contribution in [1.82, 2.24) is 15.1 Å². The second-order valence-corrected chi connectivity index (χ2v) is 13.7. The fourth-order valence-corrected chi connectivity index (χ4v) is 7.34. The van der Waals surface area contributed by atoms with E-state index < -0.39 is 40.8 Å². The van der Waals surface area contributed by atoms with E-state index in [9.17, 15) is 27.6 Å². The molecule has 3 aromatic rings. The maximum atomic E-state index is 14.8. The fourth-order valence-electron chi connectivity index (χ4n) is 7.15. The molecule has 6 rings (SSSR count). The highest BCUT2D eigenvalue weighted by Crippen LogP contribution is 2.44. The van der Waals surface area contributed by atoms with E-state index in [0.717, 1.165) is 35.6 Å². The van der Waals surface area contributed by atoms with Crippen LogP contribution in [0.2, 0.25) is 5.02 Å². The van der Waals surface area contributed by atoms with Gasteiger partial charge in [-0.15, -0.1) is 0 Å². The molecule has 2 aliphatic heterocycles. The van der Waals surface area contributed by atoms with Gasteiger partial charge in [0.1, 0.15) is 17.6 Å².